The number of aromatic nitrogens is 2. The average molecular weight is 280 g/mol. The van der Waals surface area contributed by atoms with Crippen LogP contribution in [0, 0.1) is 6.92 Å². The van der Waals surface area contributed by atoms with Crippen LogP contribution in [0.4, 0.5) is 0 Å². The smallest absolute Gasteiger partial charge is 0.243 e. The lowest BCUT2D eigenvalue weighted by Crippen LogP contribution is -2.42. The summed E-state index contributed by atoms with van der Waals surface area (Å²) in [5.74, 6) is 0.865. The van der Waals surface area contributed by atoms with Gasteiger partial charge in [-0.15, -0.1) is 11.6 Å². The van der Waals surface area contributed by atoms with Gasteiger partial charge in [0.2, 0.25) is 5.91 Å². The molecule has 1 aromatic carbocycles. The summed E-state index contributed by atoms with van der Waals surface area (Å²) in [5, 5.41) is 0. The molecule has 0 aliphatic carbocycles. The fourth-order valence-corrected chi connectivity index (χ4v) is 2.44. The Morgan fingerprint density at radius 3 is 2.74 bits per heavy atom. The number of hydrogen-bond donors (Lipinski definition) is 1. The van der Waals surface area contributed by atoms with E-state index in [1.807, 2.05) is 29.7 Å². The van der Waals surface area contributed by atoms with E-state index >= 15 is 0 Å². The molecule has 0 spiro atoms. The van der Waals surface area contributed by atoms with Gasteiger partial charge in [-0.05, 0) is 32.4 Å². The van der Waals surface area contributed by atoms with Crippen molar-refractivity contribution < 1.29 is 4.79 Å². The van der Waals surface area contributed by atoms with E-state index < -0.39 is 5.54 Å². The van der Waals surface area contributed by atoms with Crippen LogP contribution in [0.1, 0.15) is 25.2 Å². The lowest BCUT2D eigenvalue weighted by molar-refractivity contribution is -0.125. The van der Waals surface area contributed by atoms with Gasteiger partial charge in [-0.3, -0.25) is 4.79 Å². The highest BCUT2D eigenvalue weighted by atomic mass is 35.5. The summed E-state index contributed by atoms with van der Waals surface area (Å²) in [6, 6.07) is 5.91. The molecule has 4 nitrogen and oxygen atoms in total. The first kappa shape index (κ1) is 13.9. The number of aryl methyl sites for hydroxylation is 2. The molecule has 0 bridgehead atoms. The van der Waals surface area contributed by atoms with Gasteiger partial charge in [-0.25, -0.2) is 4.98 Å². The second-order valence-corrected chi connectivity index (χ2v) is 5.55. The Hall–Kier alpha value is -1.55. The van der Waals surface area contributed by atoms with Crippen LogP contribution in [0.15, 0.2) is 18.2 Å². The predicted molar refractivity (Wildman–Crippen MR) is 77.4 cm³/mol. The zero-order valence-electron chi connectivity index (χ0n) is 11.4. The number of para-hydroxylation sites is 1. The number of nitrogens with two attached hydrogens (primary N) is 1. The Bertz CT molecular complexity index is 631. The summed E-state index contributed by atoms with van der Waals surface area (Å²) in [4.78, 5) is 16.4. The SMILES string of the molecule is Cc1cccc2c1nc(CCCl)n2C(C)(C)C(N)=O. The first-order valence-electron chi connectivity index (χ1n) is 6.23. The summed E-state index contributed by atoms with van der Waals surface area (Å²) in [6.07, 6.45) is 0.604. The van der Waals surface area contributed by atoms with E-state index in [1.54, 1.807) is 13.8 Å². The fourth-order valence-electron chi connectivity index (χ4n) is 2.27. The molecule has 0 fully saturated rings. The normalized spacial score (nSPS) is 12.0. The quantitative estimate of drug-likeness (QED) is 0.873. The number of fused-ring (bicyclic) bond motifs is 1. The number of halogens is 1. The molecule has 2 rings (SSSR count). The van der Waals surface area contributed by atoms with E-state index in [-0.39, 0.29) is 5.91 Å². The number of rotatable bonds is 4. The molecule has 2 aromatic rings. The highest BCUT2D eigenvalue weighted by Gasteiger charge is 2.31. The summed E-state index contributed by atoms with van der Waals surface area (Å²) in [7, 11) is 0. The van der Waals surface area contributed by atoms with Crippen LogP contribution in [0.2, 0.25) is 0 Å². The molecular formula is C14H18ClN3O. The Kier molecular flexibility index (Phi) is 3.54. The summed E-state index contributed by atoms with van der Waals surface area (Å²) in [6.45, 7) is 5.61. The molecule has 0 saturated carbocycles. The third-order valence-corrected chi connectivity index (χ3v) is 3.63. The zero-order valence-corrected chi connectivity index (χ0v) is 12.2. The van der Waals surface area contributed by atoms with Gasteiger partial charge in [0.05, 0.1) is 11.0 Å². The Morgan fingerprint density at radius 1 is 1.47 bits per heavy atom. The third kappa shape index (κ3) is 2.21. The van der Waals surface area contributed by atoms with E-state index in [0.29, 0.717) is 12.3 Å². The lowest BCUT2D eigenvalue weighted by atomic mass is 10.0. The molecular weight excluding hydrogens is 262 g/mol. The van der Waals surface area contributed by atoms with Gasteiger partial charge >= 0.3 is 0 Å². The van der Waals surface area contributed by atoms with Crippen molar-refractivity contribution in [3.05, 3.63) is 29.6 Å². The van der Waals surface area contributed by atoms with Gasteiger partial charge in [0, 0.05) is 12.3 Å². The number of alkyl halides is 1. The maximum absolute atomic E-state index is 11.7. The van der Waals surface area contributed by atoms with Crippen LogP contribution in [0.3, 0.4) is 0 Å². The minimum Gasteiger partial charge on any atom is -0.368 e. The highest BCUT2D eigenvalue weighted by molar-refractivity contribution is 6.18. The number of nitrogens with zero attached hydrogens (tertiary/aromatic N) is 2. The molecule has 0 atom stereocenters. The van der Waals surface area contributed by atoms with Crippen molar-refractivity contribution in [2.24, 2.45) is 5.73 Å². The lowest BCUT2D eigenvalue weighted by Gasteiger charge is -2.25. The van der Waals surface area contributed by atoms with Gasteiger partial charge in [-0.2, -0.15) is 0 Å². The van der Waals surface area contributed by atoms with Gasteiger partial charge < -0.3 is 10.3 Å². The van der Waals surface area contributed by atoms with Crippen molar-refractivity contribution in [2.45, 2.75) is 32.7 Å². The first-order chi connectivity index (χ1) is 8.89. The van der Waals surface area contributed by atoms with Crippen LogP contribution in [-0.4, -0.2) is 21.3 Å². The van der Waals surface area contributed by atoms with Crippen molar-refractivity contribution in [3.8, 4) is 0 Å². The summed E-state index contributed by atoms with van der Waals surface area (Å²) >= 11 is 5.84. The second kappa shape index (κ2) is 4.85. The van der Waals surface area contributed by atoms with Gasteiger partial charge in [-0.1, -0.05) is 12.1 Å². The largest absolute Gasteiger partial charge is 0.368 e. The van der Waals surface area contributed by atoms with Crippen molar-refractivity contribution in [3.63, 3.8) is 0 Å². The van der Waals surface area contributed by atoms with Crippen LogP contribution < -0.4 is 5.73 Å². The zero-order chi connectivity index (χ0) is 14.2. The van der Waals surface area contributed by atoms with E-state index in [4.69, 9.17) is 17.3 Å². The molecule has 5 heteroatoms. The molecule has 1 aromatic heterocycles. The number of imidazole rings is 1. The van der Waals surface area contributed by atoms with Gasteiger partial charge in [0.15, 0.2) is 0 Å². The Labute approximate surface area is 117 Å². The molecule has 0 unspecified atom stereocenters. The minimum atomic E-state index is -0.829. The van der Waals surface area contributed by atoms with E-state index in [2.05, 4.69) is 4.98 Å². The Morgan fingerprint density at radius 2 is 2.16 bits per heavy atom. The number of benzene rings is 1. The summed E-state index contributed by atoms with van der Waals surface area (Å²) in [5.41, 5.74) is 7.60. The molecule has 0 radical (unpaired) electrons. The molecule has 1 amide bonds. The van der Waals surface area contributed by atoms with Crippen molar-refractivity contribution in [1.82, 2.24) is 9.55 Å². The average Bonchev–Trinajstić information content (AvgIpc) is 2.69. The van der Waals surface area contributed by atoms with E-state index in [1.165, 1.54) is 0 Å². The van der Waals surface area contributed by atoms with Crippen LogP contribution in [0.25, 0.3) is 11.0 Å². The minimum absolute atomic E-state index is 0.385. The van der Waals surface area contributed by atoms with E-state index in [9.17, 15) is 4.79 Å². The van der Waals surface area contributed by atoms with Crippen LogP contribution in [0.5, 0.6) is 0 Å². The van der Waals surface area contributed by atoms with Gasteiger partial charge in [0.1, 0.15) is 11.4 Å². The topological polar surface area (TPSA) is 60.9 Å². The van der Waals surface area contributed by atoms with Crippen molar-refractivity contribution >= 4 is 28.5 Å². The molecule has 0 aliphatic heterocycles. The number of amides is 1. The molecule has 102 valence electrons. The molecule has 2 N–H and O–H groups in total. The monoisotopic (exact) mass is 279 g/mol. The molecule has 1 heterocycles. The molecule has 0 aliphatic rings. The number of primary amides is 1. The maximum Gasteiger partial charge on any atom is 0.243 e. The third-order valence-electron chi connectivity index (χ3n) is 3.44. The number of carbonyl (C=O) groups is 1. The highest BCUT2D eigenvalue weighted by Crippen LogP contribution is 2.27. The van der Waals surface area contributed by atoms with Crippen LogP contribution in [-0.2, 0) is 16.8 Å². The maximum atomic E-state index is 11.7. The molecule has 0 saturated heterocycles. The number of hydrogen-bond acceptors (Lipinski definition) is 2. The Balaban J connectivity index is 2.79. The summed E-state index contributed by atoms with van der Waals surface area (Å²) < 4.78 is 1.90. The molecule has 19 heavy (non-hydrogen) atoms. The fraction of sp³-hybridized carbons (Fsp3) is 0.429. The number of carbonyl (C=O) groups excluding carboxylic acids is 1. The van der Waals surface area contributed by atoms with Crippen molar-refractivity contribution in [1.29, 1.82) is 0 Å². The van der Waals surface area contributed by atoms with Gasteiger partial charge in [0.25, 0.3) is 0 Å². The standard InChI is InChI=1S/C14H18ClN3O/c1-9-5-4-6-10-12(9)17-11(7-8-15)18(10)14(2,3)13(16)19/h4-6H,7-8H2,1-3H3,(H2,16,19). The van der Waals surface area contributed by atoms with Crippen molar-refractivity contribution in [2.75, 3.05) is 5.88 Å². The van der Waals surface area contributed by atoms with Crippen LogP contribution >= 0.6 is 11.6 Å². The van der Waals surface area contributed by atoms with E-state index in [0.717, 1.165) is 22.4 Å². The first-order valence-corrected chi connectivity index (χ1v) is 6.76. The predicted octanol–water partition coefficient (Wildman–Crippen LogP) is 2.35. The second-order valence-electron chi connectivity index (χ2n) is 5.17.